The number of para-hydroxylation sites is 2. The van der Waals surface area contributed by atoms with E-state index in [1.54, 1.807) is 0 Å². The van der Waals surface area contributed by atoms with Crippen LogP contribution in [0.2, 0.25) is 0 Å². The Morgan fingerprint density at radius 1 is 0.871 bits per heavy atom. The number of nitrogens with zero attached hydrogens (tertiary/aromatic N) is 1. The van der Waals surface area contributed by atoms with Gasteiger partial charge in [0.05, 0.1) is 0 Å². The van der Waals surface area contributed by atoms with E-state index < -0.39 is 0 Å². The lowest BCUT2D eigenvalue weighted by molar-refractivity contribution is 0.304. The number of rotatable bonds is 8. The van der Waals surface area contributed by atoms with Crippen molar-refractivity contribution in [3.8, 4) is 5.75 Å². The Kier molecular flexibility index (Phi) is 7.22. The second-order valence-corrected chi connectivity index (χ2v) is 9.44. The molecule has 0 bridgehead atoms. The molecule has 3 heteroatoms. The van der Waals surface area contributed by atoms with E-state index in [1.165, 1.54) is 27.4 Å². The second-order valence-electron chi connectivity index (χ2n) is 8.12. The van der Waals surface area contributed by atoms with E-state index in [0.29, 0.717) is 21.1 Å². The molecule has 0 N–H and O–H groups in total. The van der Waals surface area contributed by atoms with Crippen molar-refractivity contribution >= 4 is 24.9 Å². The van der Waals surface area contributed by atoms with Gasteiger partial charge in [-0.1, -0.05) is 99.6 Å². The van der Waals surface area contributed by atoms with Gasteiger partial charge in [-0.25, -0.2) is 0 Å². The highest BCUT2D eigenvalue weighted by molar-refractivity contribution is 7.56. The van der Waals surface area contributed by atoms with Crippen molar-refractivity contribution in [3.63, 3.8) is 0 Å². The Morgan fingerprint density at radius 2 is 1.65 bits per heavy atom. The summed E-state index contributed by atoms with van der Waals surface area (Å²) in [6.45, 7) is 0.588. The topological polar surface area (TPSA) is 12.5 Å². The fraction of sp³-hybridized carbons (Fsp3) is 0.214. The van der Waals surface area contributed by atoms with E-state index in [0.717, 1.165) is 18.6 Å². The molecule has 2 atom stereocenters. The van der Waals surface area contributed by atoms with Crippen LogP contribution >= 0.6 is 8.58 Å². The van der Waals surface area contributed by atoms with Crippen LogP contribution in [0.15, 0.2) is 97.1 Å². The molecule has 0 amide bonds. The molecule has 1 aliphatic rings. The fourth-order valence-corrected chi connectivity index (χ4v) is 5.35. The summed E-state index contributed by atoms with van der Waals surface area (Å²) in [6, 6.07) is 25.7. The Labute approximate surface area is 188 Å². The number of anilines is 1. The Bertz CT molecular complexity index is 1060. The summed E-state index contributed by atoms with van der Waals surface area (Å²) in [4.78, 5) is 2.19. The molecule has 3 aromatic carbocycles. The molecule has 0 saturated carbocycles. The molecule has 0 heterocycles. The molecule has 0 aromatic heterocycles. The maximum absolute atomic E-state index is 6.52. The highest BCUT2D eigenvalue weighted by atomic mass is 31.1. The van der Waals surface area contributed by atoms with Crippen LogP contribution in [0.1, 0.15) is 17.5 Å². The molecule has 4 rings (SSSR count). The van der Waals surface area contributed by atoms with Gasteiger partial charge in [0.2, 0.25) is 0 Å². The third-order valence-corrected chi connectivity index (χ3v) is 6.88. The maximum atomic E-state index is 6.52. The van der Waals surface area contributed by atoms with Gasteiger partial charge in [0.15, 0.2) is 0 Å². The zero-order valence-electron chi connectivity index (χ0n) is 18.3. The summed E-state index contributed by atoms with van der Waals surface area (Å²) < 4.78 is 6.52. The summed E-state index contributed by atoms with van der Waals surface area (Å²) in [5.74, 6) is 1.58. The molecule has 3 aromatic rings. The molecule has 31 heavy (non-hydrogen) atoms. The van der Waals surface area contributed by atoms with Gasteiger partial charge in [0, 0.05) is 30.4 Å². The minimum Gasteiger partial charge on any atom is -0.488 e. The Hall–Kier alpha value is -2.83. The quantitative estimate of drug-likeness (QED) is 0.432. The Morgan fingerprint density at radius 3 is 2.42 bits per heavy atom. The van der Waals surface area contributed by atoms with E-state index in [2.05, 4.69) is 110 Å². The third-order valence-electron chi connectivity index (χ3n) is 5.53. The molecule has 0 spiro atoms. The predicted octanol–water partition coefficient (Wildman–Crippen LogP) is 5.64. The predicted molar refractivity (Wildman–Crippen MR) is 136 cm³/mol. The van der Waals surface area contributed by atoms with Crippen LogP contribution in [0.4, 0.5) is 5.69 Å². The Balaban J connectivity index is 1.65. The van der Waals surface area contributed by atoms with Crippen LogP contribution in [0.25, 0.3) is 0 Å². The molecule has 0 radical (unpaired) electrons. The maximum Gasteiger partial charge on any atom is 0.130 e. The van der Waals surface area contributed by atoms with Crippen molar-refractivity contribution in [1.82, 2.24) is 0 Å². The molecule has 0 aliphatic heterocycles. The van der Waals surface area contributed by atoms with E-state index in [1.807, 2.05) is 6.07 Å². The van der Waals surface area contributed by atoms with Gasteiger partial charge < -0.3 is 9.64 Å². The van der Waals surface area contributed by atoms with Gasteiger partial charge in [0.25, 0.3) is 0 Å². The average molecular weight is 428 g/mol. The molecule has 2 unspecified atom stereocenters. The van der Waals surface area contributed by atoms with Crippen LogP contribution in [-0.4, -0.2) is 14.1 Å². The third kappa shape index (κ3) is 5.66. The molecule has 0 saturated heterocycles. The van der Waals surface area contributed by atoms with Crippen LogP contribution in [0, 0.1) is 5.92 Å². The molecule has 1 aliphatic carbocycles. The number of ether oxygens (including phenoxy) is 1. The normalized spacial score (nSPS) is 15.5. The van der Waals surface area contributed by atoms with Crippen molar-refractivity contribution in [2.75, 3.05) is 19.0 Å². The molecule has 0 fully saturated rings. The fourth-order valence-electron chi connectivity index (χ4n) is 3.92. The summed E-state index contributed by atoms with van der Waals surface area (Å²) in [5, 5.41) is 2.62. The number of benzene rings is 3. The number of hydrogen-bond donors (Lipinski definition) is 0. The lowest BCUT2D eigenvalue weighted by Crippen LogP contribution is -2.19. The summed E-state index contributed by atoms with van der Waals surface area (Å²) in [6.07, 6.45) is 11.0. The van der Waals surface area contributed by atoms with Crippen LogP contribution < -0.4 is 20.2 Å². The minimum atomic E-state index is 0.525. The highest BCUT2D eigenvalue weighted by Gasteiger charge is 2.16. The van der Waals surface area contributed by atoms with Gasteiger partial charge in [-0.15, -0.1) is 0 Å². The standard InChI is InChI=1S/C28H30NOP/c1-29(2)25-17-9-10-18-26(25)31-27-19-11-16-24(20-22-12-5-3-6-13-22)28(27)30-21-23-14-7-4-8-15-23/h3-12,14-19,22,31H,13,20-21H2,1-2H3. The molecule has 2 nitrogen and oxygen atoms in total. The van der Waals surface area contributed by atoms with Gasteiger partial charge in [-0.2, -0.15) is 0 Å². The monoisotopic (exact) mass is 427 g/mol. The van der Waals surface area contributed by atoms with Crippen molar-refractivity contribution in [2.45, 2.75) is 19.4 Å². The number of hydrogen-bond acceptors (Lipinski definition) is 2. The zero-order chi connectivity index (χ0) is 21.5. The molecular weight excluding hydrogens is 397 g/mol. The second kappa shape index (κ2) is 10.5. The van der Waals surface area contributed by atoms with Crippen LogP contribution in [0.5, 0.6) is 5.75 Å². The van der Waals surface area contributed by atoms with Crippen LogP contribution in [-0.2, 0) is 13.0 Å². The first-order valence-electron chi connectivity index (χ1n) is 10.9. The average Bonchev–Trinajstić information content (AvgIpc) is 2.80. The summed E-state index contributed by atoms with van der Waals surface area (Å²) >= 11 is 0. The number of allylic oxidation sites excluding steroid dienone is 4. The first kappa shape index (κ1) is 21.4. The van der Waals surface area contributed by atoms with E-state index in [-0.39, 0.29) is 0 Å². The van der Waals surface area contributed by atoms with Gasteiger partial charge in [-0.3, -0.25) is 0 Å². The van der Waals surface area contributed by atoms with Crippen LogP contribution in [0.3, 0.4) is 0 Å². The smallest absolute Gasteiger partial charge is 0.130 e. The van der Waals surface area contributed by atoms with E-state index in [9.17, 15) is 0 Å². The van der Waals surface area contributed by atoms with Gasteiger partial charge in [0.1, 0.15) is 12.4 Å². The van der Waals surface area contributed by atoms with Crippen molar-refractivity contribution in [3.05, 3.63) is 108 Å². The first-order valence-corrected chi connectivity index (χ1v) is 11.9. The summed E-state index contributed by atoms with van der Waals surface area (Å²) in [5.41, 5.74) is 3.76. The SMILES string of the molecule is CN(C)c1ccccc1Pc1cccc(CC2C=CC=CC2)c1OCc1ccccc1. The largest absolute Gasteiger partial charge is 0.488 e. The minimum absolute atomic E-state index is 0.525. The van der Waals surface area contributed by atoms with E-state index in [4.69, 9.17) is 4.74 Å². The first-order chi connectivity index (χ1) is 15.2. The van der Waals surface area contributed by atoms with Crippen molar-refractivity contribution < 1.29 is 4.74 Å². The lowest BCUT2D eigenvalue weighted by Gasteiger charge is -2.21. The van der Waals surface area contributed by atoms with Gasteiger partial charge >= 0.3 is 0 Å². The van der Waals surface area contributed by atoms with Crippen molar-refractivity contribution in [2.24, 2.45) is 5.92 Å². The summed E-state index contributed by atoms with van der Waals surface area (Å²) in [7, 11) is 4.76. The van der Waals surface area contributed by atoms with E-state index >= 15 is 0 Å². The molecular formula is C28H30NOP. The molecule has 158 valence electrons. The van der Waals surface area contributed by atoms with Crippen molar-refractivity contribution in [1.29, 1.82) is 0 Å². The highest BCUT2D eigenvalue weighted by Crippen LogP contribution is 2.30. The van der Waals surface area contributed by atoms with Gasteiger partial charge in [-0.05, 0) is 36.0 Å². The zero-order valence-corrected chi connectivity index (χ0v) is 19.3. The lowest BCUT2D eigenvalue weighted by atomic mass is 9.93.